The summed E-state index contributed by atoms with van der Waals surface area (Å²) in [6.45, 7) is 0.735. The van der Waals surface area contributed by atoms with Crippen molar-refractivity contribution in [3.8, 4) is 5.75 Å². The van der Waals surface area contributed by atoms with Gasteiger partial charge in [-0.3, -0.25) is 14.6 Å². The average molecular weight is 420 g/mol. The molecule has 1 aromatic carbocycles. The Hall–Kier alpha value is -2.71. The van der Waals surface area contributed by atoms with Gasteiger partial charge in [-0.25, -0.2) is 0 Å². The lowest BCUT2D eigenvalue weighted by Crippen LogP contribution is -2.24. The second kappa shape index (κ2) is 9.48. The van der Waals surface area contributed by atoms with Crippen molar-refractivity contribution >= 4 is 40.9 Å². The number of halogens is 1. The molecule has 1 aliphatic rings. The molecule has 0 atom stereocenters. The predicted molar refractivity (Wildman–Crippen MR) is 109 cm³/mol. The molecule has 0 spiro atoms. The number of rotatable bonds is 6. The van der Waals surface area contributed by atoms with Crippen molar-refractivity contribution < 1.29 is 19.1 Å². The third kappa shape index (κ3) is 4.96. The van der Waals surface area contributed by atoms with Gasteiger partial charge in [0, 0.05) is 23.4 Å². The van der Waals surface area contributed by atoms with Crippen LogP contribution in [0.15, 0.2) is 47.7 Å². The summed E-state index contributed by atoms with van der Waals surface area (Å²) in [6.07, 6.45) is 1.65. The Bertz CT molecular complexity index is 906. The molecule has 7 nitrogen and oxygen atoms in total. The zero-order valence-electron chi connectivity index (χ0n) is 15.0. The van der Waals surface area contributed by atoms with Crippen molar-refractivity contribution in [1.82, 2.24) is 10.3 Å². The number of nitrogens with zero attached hydrogens (tertiary/aromatic N) is 1. The molecular formula is C19H18ClN3O4S. The van der Waals surface area contributed by atoms with Crippen LogP contribution < -0.4 is 15.4 Å². The molecule has 0 radical (unpaired) electrons. The third-order valence-electron chi connectivity index (χ3n) is 3.81. The van der Waals surface area contributed by atoms with Crippen molar-refractivity contribution in [2.24, 2.45) is 0 Å². The van der Waals surface area contributed by atoms with E-state index in [1.54, 1.807) is 17.7 Å². The predicted octanol–water partition coefficient (Wildman–Crippen LogP) is 3.22. The molecule has 2 amide bonds. The summed E-state index contributed by atoms with van der Waals surface area (Å²) in [5, 5.41) is 7.31. The number of hydrogen-bond acceptors (Lipinski definition) is 6. The Morgan fingerprint density at radius 1 is 1.32 bits per heavy atom. The number of methoxy groups -OCH3 is 1. The zero-order chi connectivity index (χ0) is 19.9. The second-order valence-electron chi connectivity index (χ2n) is 5.69. The van der Waals surface area contributed by atoms with Crippen LogP contribution in [-0.4, -0.2) is 36.3 Å². The van der Waals surface area contributed by atoms with Gasteiger partial charge >= 0.3 is 0 Å². The molecule has 9 heteroatoms. The van der Waals surface area contributed by atoms with Crippen LogP contribution in [0.1, 0.15) is 16.1 Å². The highest BCUT2D eigenvalue weighted by Crippen LogP contribution is 2.31. The fraction of sp³-hybridized carbons (Fsp3) is 0.211. The first kappa shape index (κ1) is 20.0. The van der Waals surface area contributed by atoms with Crippen LogP contribution in [-0.2, 0) is 16.1 Å². The van der Waals surface area contributed by atoms with Crippen molar-refractivity contribution in [1.29, 1.82) is 0 Å². The minimum Gasteiger partial charge on any atom is -0.496 e. The number of carbonyl (C=O) groups excluding carboxylic acids is 2. The lowest BCUT2D eigenvalue weighted by Gasteiger charge is -2.16. The highest BCUT2D eigenvalue weighted by molar-refractivity contribution is 8.02. The maximum atomic E-state index is 12.5. The van der Waals surface area contributed by atoms with Crippen molar-refractivity contribution in [3.05, 3.63) is 64.0 Å². The number of nitrogens with one attached hydrogen (secondary N) is 2. The van der Waals surface area contributed by atoms with Crippen LogP contribution in [0.2, 0.25) is 5.02 Å². The van der Waals surface area contributed by atoms with Gasteiger partial charge in [0.15, 0.2) is 5.76 Å². The number of anilines is 1. The number of thioether (sulfide) groups is 1. The molecule has 28 heavy (non-hydrogen) atoms. The minimum absolute atomic E-state index is 0.209. The van der Waals surface area contributed by atoms with Crippen LogP contribution in [0.25, 0.3) is 0 Å². The van der Waals surface area contributed by atoms with E-state index in [4.69, 9.17) is 21.1 Å². The number of amides is 2. The van der Waals surface area contributed by atoms with Crippen LogP contribution in [0, 0.1) is 0 Å². The molecule has 0 unspecified atom stereocenters. The Kier molecular flexibility index (Phi) is 6.78. The Morgan fingerprint density at radius 2 is 2.18 bits per heavy atom. The molecule has 0 saturated carbocycles. The number of ether oxygens (including phenoxy) is 2. The van der Waals surface area contributed by atoms with E-state index in [2.05, 4.69) is 15.6 Å². The maximum Gasteiger partial charge on any atom is 0.291 e. The van der Waals surface area contributed by atoms with Crippen LogP contribution in [0.3, 0.4) is 0 Å². The lowest BCUT2D eigenvalue weighted by molar-refractivity contribution is -0.116. The number of benzene rings is 1. The topological polar surface area (TPSA) is 89.5 Å². The monoisotopic (exact) mass is 419 g/mol. The fourth-order valence-corrected chi connectivity index (χ4v) is 3.27. The molecule has 0 fully saturated rings. The Labute approximate surface area is 171 Å². The van der Waals surface area contributed by atoms with Crippen LogP contribution >= 0.6 is 23.4 Å². The molecule has 0 aliphatic carbocycles. The highest BCUT2D eigenvalue weighted by Gasteiger charge is 2.20. The van der Waals surface area contributed by atoms with Crippen LogP contribution in [0.5, 0.6) is 5.75 Å². The van der Waals surface area contributed by atoms with Crippen molar-refractivity contribution in [2.45, 2.75) is 6.54 Å². The van der Waals surface area contributed by atoms with Crippen molar-refractivity contribution in [3.63, 3.8) is 0 Å². The Balaban J connectivity index is 1.74. The SMILES string of the molecule is COc1cc(NC(=O)C2=CSCCO2)c(Cl)cc1C(=O)NCc1ccccn1. The molecule has 146 valence electrons. The van der Waals surface area contributed by atoms with Gasteiger partial charge < -0.3 is 20.1 Å². The minimum atomic E-state index is -0.413. The highest BCUT2D eigenvalue weighted by atomic mass is 35.5. The number of carbonyl (C=O) groups is 2. The molecular weight excluding hydrogens is 402 g/mol. The zero-order valence-corrected chi connectivity index (χ0v) is 16.6. The summed E-state index contributed by atoms with van der Waals surface area (Å²) >= 11 is 7.77. The first-order valence-electron chi connectivity index (χ1n) is 8.40. The van der Waals surface area contributed by atoms with Gasteiger partial charge in [-0.15, -0.1) is 11.8 Å². The van der Waals surface area contributed by atoms with Crippen LogP contribution in [0.4, 0.5) is 5.69 Å². The number of pyridine rings is 1. The third-order valence-corrected chi connectivity index (χ3v) is 4.91. The van der Waals surface area contributed by atoms with E-state index < -0.39 is 5.91 Å². The average Bonchev–Trinajstić information content (AvgIpc) is 2.74. The molecule has 3 rings (SSSR count). The summed E-state index contributed by atoms with van der Waals surface area (Å²) in [5.41, 5.74) is 1.30. The lowest BCUT2D eigenvalue weighted by atomic mass is 10.1. The van der Waals surface area contributed by atoms with Gasteiger partial charge in [-0.05, 0) is 18.2 Å². The summed E-state index contributed by atoms with van der Waals surface area (Å²) in [5.74, 6) is 0.531. The van der Waals surface area contributed by atoms with E-state index in [0.29, 0.717) is 12.3 Å². The maximum absolute atomic E-state index is 12.5. The number of hydrogen-bond donors (Lipinski definition) is 2. The van der Waals surface area contributed by atoms with Gasteiger partial charge in [-0.1, -0.05) is 17.7 Å². The molecule has 0 saturated heterocycles. The molecule has 2 aromatic rings. The quantitative estimate of drug-likeness (QED) is 0.747. The normalized spacial score (nSPS) is 13.1. The van der Waals surface area contributed by atoms with E-state index in [1.807, 2.05) is 12.1 Å². The van der Waals surface area contributed by atoms with Gasteiger partial charge in [0.1, 0.15) is 5.75 Å². The van der Waals surface area contributed by atoms with Gasteiger partial charge in [0.05, 0.1) is 42.2 Å². The molecule has 2 heterocycles. The van der Waals surface area contributed by atoms with E-state index in [-0.39, 0.29) is 34.5 Å². The van der Waals surface area contributed by atoms with Gasteiger partial charge in [0.2, 0.25) is 0 Å². The molecule has 2 N–H and O–H groups in total. The Morgan fingerprint density at radius 3 is 2.86 bits per heavy atom. The van der Waals surface area contributed by atoms with E-state index >= 15 is 0 Å². The fourth-order valence-electron chi connectivity index (χ4n) is 2.44. The summed E-state index contributed by atoms with van der Waals surface area (Å²) in [6, 6.07) is 8.41. The van der Waals surface area contributed by atoms with E-state index in [9.17, 15) is 9.59 Å². The van der Waals surface area contributed by atoms with E-state index in [0.717, 1.165) is 11.4 Å². The first-order valence-corrected chi connectivity index (χ1v) is 9.82. The summed E-state index contributed by atoms with van der Waals surface area (Å²) in [4.78, 5) is 29.0. The van der Waals surface area contributed by atoms with E-state index in [1.165, 1.54) is 31.0 Å². The molecule has 1 aliphatic heterocycles. The second-order valence-corrected chi connectivity index (χ2v) is 7.08. The van der Waals surface area contributed by atoms with Gasteiger partial charge in [0.25, 0.3) is 11.8 Å². The summed E-state index contributed by atoms with van der Waals surface area (Å²) < 4.78 is 10.6. The first-order chi connectivity index (χ1) is 13.6. The van der Waals surface area contributed by atoms with Crippen molar-refractivity contribution in [2.75, 3.05) is 24.8 Å². The largest absolute Gasteiger partial charge is 0.496 e. The van der Waals surface area contributed by atoms with Gasteiger partial charge in [-0.2, -0.15) is 0 Å². The molecule has 1 aromatic heterocycles. The standard InChI is InChI=1S/C19H18ClN3O4S/c1-26-16-9-15(23-19(25)17-11-28-7-6-27-17)14(20)8-13(16)18(24)22-10-12-4-2-3-5-21-12/h2-5,8-9,11H,6-7,10H2,1H3,(H,22,24)(H,23,25). The smallest absolute Gasteiger partial charge is 0.291 e. The summed E-state index contributed by atoms with van der Waals surface area (Å²) in [7, 11) is 1.44. The molecule has 0 bridgehead atoms. The number of aromatic nitrogens is 1.